The van der Waals surface area contributed by atoms with E-state index < -0.39 is 12.1 Å². The smallest absolute Gasteiger partial charge is 0.355 e. The fraction of sp³-hybridized carbons (Fsp3) is 0.150. The summed E-state index contributed by atoms with van der Waals surface area (Å²) in [5.74, 6) is -0.580. The van der Waals surface area contributed by atoms with Gasteiger partial charge in [0.15, 0.2) is 11.9 Å². The first kappa shape index (κ1) is 16.6. The quantitative estimate of drug-likeness (QED) is 0.529. The Kier molecular flexibility index (Phi) is 4.75. The molecule has 0 aliphatic rings. The number of nitrogens with zero attached hydrogens (tertiary/aromatic N) is 2. The summed E-state index contributed by atoms with van der Waals surface area (Å²) >= 11 is 0. The van der Waals surface area contributed by atoms with Crippen molar-refractivity contribution in [3.05, 3.63) is 89.5 Å². The zero-order chi connectivity index (χ0) is 17.8. The van der Waals surface area contributed by atoms with Crippen LogP contribution in [0.15, 0.2) is 67.1 Å². The Hall–Kier alpha value is -3.21. The van der Waals surface area contributed by atoms with Crippen LogP contribution in [0.3, 0.4) is 0 Å². The molecule has 5 nitrogen and oxygen atoms in total. The van der Waals surface area contributed by atoms with Gasteiger partial charge < -0.3 is 9.30 Å². The molecule has 0 saturated carbocycles. The molecule has 0 bridgehead atoms. The molecule has 0 fully saturated rings. The average molecular weight is 334 g/mol. The number of ketones is 1. The van der Waals surface area contributed by atoms with Crippen LogP contribution in [0.4, 0.5) is 0 Å². The summed E-state index contributed by atoms with van der Waals surface area (Å²) in [4.78, 5) is 28.2. The van der Waals surface area contributed by atoms with E-state index in [0.717, 1.165) is 11.1 Å². The Bertz CT molecular complexity index is 846. The molecule has 2 heterocycles. The number of pyridine rings is 1. The number of ether oxygens (including phenoxy) is 1. The highest BCUT2D eigenvalue weighted by molar-refractivity contribution is 5.97. The number of carbonyl (C=O) groups is 2. The Morgan fingerprint density at radius 2 is 1.68 bits per heavy atom. The second kappa shape index (κ2) is 7.13. The predicted octanol–water partition coefficient (Wildman–Crippen LogP) is 3.57. The molecule has 0 aliphatic heterocycles. The zero-order valence-corrected chi connectivity index (χ0v) is 14.0. The fourth-order valence-electron chi connectivity index (χ4n) is 2.62. The van der Waals surface area contributed by atoms with Gasteiger partial charge in [-0.1, -0.05) is 30.3 Å². The first-order valence-corrected chi connectivity index (χ1v) is 7.89. The number of hydrogen-bond acceptors (Lipinski definition) is 4. The van der Waals surface area contributed by atoms with Crippen LogP contribution in [0.2, 0.25) is 0 Å². The van der Waals surface area contributed by atoms with Crippen LogP contribution < -0.4 is 0 Å². The topological polar surface area (TPSA) is 61.2 Å². The van der Waals surface area contributed by atoms with Gasteiger partial charge in [0.05, 0.1) is 0 Å². The standard InChI is InChI=1S/C20H18N2O3/c1-14(23)17-12-18(22(2)13-17)20(24)25-19(15-6-4-3-5-7-15)16-8-10-21-11-9-16/h3-13,19H,1-2H3/t19-/m0/s1. The van der Waals surface area contributed by atoms with Crippen LogP contribution in [0.1, 0.15) is 45.0 Å². The van der Waals surface area contributed by atoms with E-state index in [9.17, 15) is 9.59 Å². The van der Waals surface area contributed by atoms with Gasteiger partial charge in [-0.25, -0.2) is 4.79 Å². The van der Waals surface area contributed by atoms with Gasteiger partial charge in [0.1, 0.15) is 5.69 Å². The van der Waals surface area contributed by atoms with Crippen LogP contribution >= 0.6 is 0 Å². The third-order valence-corrected chi connectivity index (χ3v) is 3.96. The van der Waals surface area contributed by atoms with Crippen molar-refractivity contribution >= 4 is 11.8 Å². The Morgan fingerprint density at radius 1 is 1.04 bits per heavy atom. The Morgan fingerprint density at radius 3 is 2.28 bits per heavy atom. The fourth-order valence-corrected chi connectivity index (χ4v) is 2.62. The van der Waals surface area contributed by atoms with Crippen molar-refractivity contribution in [2.45, 2.75) is 13.0 Å². The Balaban J connectivity index is 1.93. The summed E-state index contributed by atoms with van der Waals surface area (Å²) in [6.07, 6.45) is 4.40. The predicted molar refractivity (Wildman–Crippen MR) is 93.4 cm³/mol. The average Bonchev–Trinajstić information content (AvgIpc) is 3.03. The summed E-state index contributed by atoms with van der Waals surface area (Å²) in [6.45, 7) is 1.47. The molecule has 126 valence electrons. The molecule has 0 amide bonds. The molecular formula is C20H18N2O3. The van der Waals surface area contributed by atoms with Crippen molar-refractivity contribution in [1.29, 1.82) is 0 Å². The minimum absolute atomic E-state index is 0.0941. The molecule has 0 unspecified atom stereocenters. The molecule has 0 radical (unpaired) electrons. The number of carbonyl (C=O) groups excluding carboxylic acids is 2. The number of benzene rings is 1. The zero-order valence-electron chi connectivity index (χ0n) is 14.0. The highest BCUT2D eigenvalue weighted by Crippen LogP contribution is 2.27. The second-order valence-electron chi connectivity index (χ2n) is 5.76. The summed E-state index contributed by atoms with van der Waals surface area (Å²) in [5, 5.41) is 0. The molecule has 1 aromatic carbocycles. The highest BCUT2D eigenvalue weighted by atomic mass is 16.5. The van der Waals surface area contributed by atoms with Crippen molar-refractivity contribution in [2.75, 3.05) is 0 Å². The molecule has 2 aromatic heterocycles. The molecule has 3 rings (SSSR count). The van der Waals surface area contributed by atoms with Crippen molar-refractivity contribution < 1.29 is 14.3 Å². The van der Waals surface area contributed by atoms with E-state index in [1.54, 1.807) is 36.3 Å². The molecule has 0 N–H and O–H groups in total. The third kappa shape index (κ3) is 3.66. The Labute approximate surface area is 145 Å². The van der Waals surface area contributed by atoms with E-state index in [4.69, 9.17) is 4.74 Å². The van der Waals surface area contributed by atoms with Gasteiger partial charge in [0, 0.05) is 36.8 Å². The van der Waals surface area contributed by atoms with Gasteiger partial charge in [-0.2, -0.15) is 0 Å². The van der Waals surface area contributed by atoms with Gasteiger partial charge in [-0.3, -0.25) is 9.78 Å². The van der Waals surface area contributed by atoms with Crippen LogP contribution in [-0.2, 0) is 11.8 Å². The molecule has 25 heavy (non-hydrogen) atoms. The van der Waals surface area contributed by atoms with Crippen molar-refractivity contribution in [3.63, 3.8) is 0 Å². The van der Waals surface area contributed by atoms with Gasteiger partial charge in [0.25, 0.3) is 0 Å². The van der Waals surface area contributed by atoms with Crippen molar-refractivity contribution in [2.24, 2.45) is 7.05 Å². The van der Waals surface area contributed by atoms with E-state index in [0.29, 0.717) is 11.3 Å². The number of rotatable bonds is 5. The van der Waals surface area contributed by atoms with Crippen molar-refractivity contribution in [1.82, 2.24) is 9.55 Å². The minimum atomic E-state index is -0.549. The summed E-state index contributed by atoms with van der Waals surface area (Å²) in [7, 11) is 1.72. The number of aromatic nitrogens is 2. The van der Waals surface area contributed by atoms with E-state index in [2.05, 4.69) is 4.98 Å². The first-order valence-electron chi connectivity index (χ1n) is 7.89. The summed E-state index contributed by atoms with van der Waals surface area (Å²) < 4.78 is 7.39. The molecule has 3 aromatic rings. The molecular weight excluding hydrogens is 316 g/mol. The molecule has 5 heteroatoms. The lowest BCUT2D eigenvalue weighted by Crippen LogP contribution is -2.15. The lowest BCUT2D eigenvalue weighted by molar-refractivity contribution is 0.0366. The van der Waals surface area contributed by atoms with E-state index >= 15 is 0 Å². The monoisotopic (exact) mass is 334 g/mol. The molecule has 1 atom stereocenters. The largest absolute Gasteiger partial charge is 0.448 e. The SMILES string of the molecule is CC(=O)c1cc(C(=O)O[C@@H](c2ccccc2)c2ccncc2)n(C)c1. The summed E-state index contributed by atoms with van der Waals surface area (Å²) in [5.41, 5.74) is 2.51. The lowest BCUT2D eigenvalue weighted by atomic mass is 10.0. The van der Waals surface area contributed by atoms with Gasteiger partial charge >= 0.3 is 5.97 Å². The number of hydrogen-bond donors (Lipinski definition) is 0. The first-order chi connectivity index (χ1) is 12.1. The van der Waals surface area contributed by atoms with Crippen LogP contribution in [0, 0.1) is 0 Å². The maximum atomic E-state index is 12.7. The van der Waals surface area contributed by atoms with Crippen molar-refractivity contribution in [3.8, 4) is 0 Å². The van der Waals surface area contributed by atoms with Gasteiger partial charge in [-0.05, 0) is 30.7 Å². The summed E-state index contributed by atoms with van der Waals surface area (Å²) in [6, 6.07) is 14.7. The molecule has 0 saturated heterocycles. The van der Waals surface area contributed by atoms with Crippen LogP contribution in [0.25, 0.3) is 0 Å². The van der Waals surface area contributed by atoms with Gasteiger partial charge in [0.2, 0.25) is 0 Å². The van der Waals surface area contributed by atoms with E-state index in [-0.39, 0.29) is 5.78 Å². The highest BCUT2D eigenvalue weighted by Gasteiger charge is 2.22. The number of esters is 1. The van der Waals surface area contributed by atoms with Crippen LogP contribution in [-0.4, -0.2) is 21.3 Å². The van der Waals surface area contributed by atoms with Gasteiger partial charge in [-0.15, -0.1) is 0 Å². The number of Topliss-reactive ketones (excluding diaryl/α,β-unsaturated/α-hetero) is 1. The van der Waals surface area contributed by atoms with Crippen LogP contribution in [0.5, 0.6) is 0 Å². The molecule has 0 spiro atoms. The lowest BCUT2D eigenvalue weighted by Gasteiger charge is -2.19. The van der Waals surface area contributed by atoms with E-state index in [1.165, 1.54) is 6.92 Å². The second-order valence-corrected chi connectivity index (χ2v) is 5.76. The minimum Gasteiger partial charge on any atom is -0.448 e. The maximum Gasteiger partial charge on any atom is 0.355 e. The maximum absolute atomic E-state index is 12.7. The van der Waals surface area contributed by atoms with E-state index in [1.807, 2.05) is 42.5 Å². The molecule has 0 aliphatic carbocycles. The third-order valence-electron chi connectivity index (χ3n) is 3.96. The number of aryl methyl sites for hydroxylation is 1. The normalized spacial score (nSPS) is 11.8.